The van der Waals surface area contributed by atoms with Gasteiger partial charge in [-0.3, -0.25) is 0 Å². The lowest BCUT2D eigenvalue weighted by Gasteiger charge is -2.19. The Hall–Kier alpha value is -1.41. The normalized spacial score (nSPS) is 11.7. The summed E-state index contributed by atoms with van der Waals surface area (Å²) in [7, 11) is 0.883. The number of aromatic nitrogens is 1. The molecule has 0 aliphatic rings. The molecule has 0 unspecified atom stereocenters. The Morgan fingerprint density at radius 2 is 1.75 bits per heavy atom. The lowest BCUT2D eigenvalue weighted by molar-refractivity contribution is -0.659. The van der Waals surface area contributed by atoms with E-state index in [1.165, 1.54) is 22.4 Å². The molecular formula is C18H26NSi+. The zero-order valence-electron chi connectivity index (χ0n) is 13.6. The van der Waals surface area contributed by atoms with E-state index in [2.05, 4.69) is 81.6 Å². The Morgan fingerprint density at radius 3 is 2.30 bits per heavy atom. The van der Waals surface area contributed by atoms with Crippen molar-refractivity contribution in [3.8, 4) is 11.3 Å². The molecule has 0 spiro atoms. The molecule has 0 radical (unpaired) electrons. The number of aryl methyl sites for hydroxylation is 3. The van der Waals surface area contributed by atoms with Crippen molar-refractivity contribution in [3.05, 3.63) is 47.7 Å². The minimum Gasteiger partial charge on any atom is -0.201 e. The van der Waals surface area contributed by atoms with E-state index in [-0.39, 0.29) is 0 Å². The molecule has 0 saturated carbocycles. The van der Waals surface area contributed by atoms with Gasteiger partial charge >= 0.3 is 0 Å². The van der Waals surface area contributed by atoms with Gasteiger partial charge in [-0.25, -0.2) is 4.57 Å². The van der Waals surface area contributed by atoms with E-state index >= 15 is 0 Å². The standard InChI is InChI=1S/C18H26NSi/c1-7-15-12-17(16-11-9-8-10-14(16)2)19(3)13-18(15)20(4,5)6/h8-13H,7H2,1-6H3/q+1. The van der Waals surface area contributed by atoms with Crippen LogP contribution in [0.25, 0.3) is 11.3 Å². The van der Waals surface area contributed by atoms with Gasteiger partial charge in [0.1, 0.15) is 7.05 Å². The summed E-state index contributed by atoms with van der Waals surface area (Å²) in [6.45, 7) is 11.7. The molecule has 106 valence electrons. The molecule has 0 aliphatic carbocycles. The minimum atomic E-state index is -1.29. The first-order valence-electron chi connectivity index (χ1n) is 7.43. The monoisotopic (exact) mass is 284 g/mol. The third-order valence-electron chi connectivity index (χ3n) is 3.97. The third-order valence-corrected chi connectivity index (χ3v) is 6.04. The van der Waals surface area contributed by atoms with Crippen molar-refractivity contribution in [1.82, 2.24) is 0 Å². The molecule has 2 heteroatoms. The van der Waals surface area contributed by atoms with Crippen LogP contribution in [0.4, 0.5) is 0 Å². The second-order valence-electron chi connectivity index (χ2n) is 6.63. The highest BCUT2D eigenvalue weighted by Gasteiger charge is 2.25. The summed E-state index contributed by atoms with van der Waals surface area (Å²) in [6, 6.07) is 11.0. The highest BCUT2D eigenvalue weighted by molar-refractivity contribution is 6.88. The predicted octanol–water partition coefficient (Wildman–Crippen LogP) is 3.59. The Balaban J connectivity index is 2.66. The van der Waals surface area contributed by atoms with Crippen LogP contribution in [0.3, 0.4) is 0 Å². The van der Waals surface area contributed by atoms with E-state index < -0.39 is 8.07 Å². The summed E-state index contributed by atoms with van der Waals surface area (Å²) in [6.07, 6.45) is 3.48. The molecule has 20 heavy (non-hydrogen) atoms. The SMILES string of the molecule is CCc1cc(-c2ccccc2C)[n+](C)cc1[Si](C)(C)C. The van der Waals surface area contributed by atoms with Crippen LogP contribution in [0.1, 0.15) is 18.1 Å². The van der Waals surface area contributed by atoms with Gasteiger partial charge < -0.3 is 0 Å². The van der Waals surface area contributed by atoms with Gasteiger partial charge in [0.05, 0.1) is 8.07 Å². The van der Waals surface area contributed by atoms with Crippen molar-refractivity contribution >= 4 is 13.3 Å². The van der Waals surface area contributed by atoms with Crippen LogP contribution in [0, 0.1) is 6.92 Å². The predicted molar refractivity (Wildman–Crippen MR) is 90.1 cm³/mol. The van der Waals surface area contributed by atoms with Crippen LogP contribution >= 0.6 is 0 Å². The highest BCUT2D eigenvalue weighted by Crippen LogP contribution is 2.21. The first-order valence-corrected chi connectivity index (χ1v) is 10.9. The van der Waals surface area contributed by atoms with Crippen LogP contribution in [0.2, 0.25) is 19.6 Å². The smallest absolute Gasteiger partial charge is 0.201 e. The Kier molecular flexibility index (Phi) is 4.14. The summed E-state index contributed by atoms with van der Waals surface area (Å²) in [4.78, 5) is 0. The van der Waals surface area contributed by atoms with Crippen molar-refractivity contribution in [3.63, 3.8) is 0 Å². The fourth-order valence-corrected chi connectivity index (χ4v) is 4.58. The van der Waals surface area contributed by atoms with E-state index in [1.54, 1.807) is 5.19 Å². The summed E-state index contributed by atoms with van der Waals surface area (Å²) in [5.74, 6) is 0. The average Bonchev–Trinajstić information content (AvgIpc) is 2.38. The summed E-state index contributed by atoms with van der Waals surface area (Å²) in [5.41, 5.74) is 5.51. The quantitative estimate of drug-likeness (QED) is 0.599. The third kappa shape index (κ3) is 2.85. The molecule has 2 rings (SSSR count). The second kappa shape index (κ2) is 5.53. The molecule has 2 aromatic rings. The Bertz CT molecular complexity index is 624. The van der Waals surface area contributed by atoms with E-state index in [9.17, 15) is 0 Å². The van der Waals surface area contributed by atoms with E-state index in [1.807, 2.05) is 0 Å². The van der Waals surface area contributed by atoms with Crippen LogP contribution in [-0.4, -0.2) is 8.07 Å². The Morgan fingerprint density at radius 1 is 1.10 bits per heavy atom. The van der Waals surface area contributed by atoms with Crippen LogP contribution in [0.5, 0.6) is 0 Å². The fraction of sp³-hybridized carbons (Fsp3) is 0.389. The van der Waals surface area contributed by atoms with Crippen LogP contribution in [0.15, 0.2) is 36.5 Å². The number of pyridine rings is 1. The topological polar surface area (TPSA) is 3.88 Å². The van der Waals surface area contributed by atoms with Gasteiger partial charge in [0.2, 0.25) is 5.69 Å². The van der Waals surface area contributed by atoms with E-state index in [0.717, 1.165) is 6.42 Å². The Labute approximate surface area is 124 Å². The van der Waals surface area contributed by atoms with Gasteiger partial charge in [-0.1, -0.05) is 44.8 Å². The van der Waals surface area contributed by atoms with Crippen molar-refractivity contribution in [2.45, 2.75) is 39.9 Å². The van der Waals surface area contributed by atoms with Gasteiger partial charge in [0.25, 0.3) is 0 Å². The first-order chi connectivity index (χ1) is 9.34. The molecular weight excluding hydrogens is 258 g/mol. The molecule has 1 heterocycles. The summed E-state index contributed by atoms with van der Waals surface area (Å²) >= 11 is 0. The first kappa shape index (κ1) is 15.0. The average molecular weight is 284 g/mol. The number of hydrogen-bond acceptors (Lipinski definition) is 0. The van der Waals surface area contributed by atoms with Gasteiger partial charge in [-0.05, 0) is 30.5 Å². The number of hydrogen-bond donors (Lipinski definition) is 0. The fourth-order valence-electron chi connectivity index (χ4n) is 2.79. The van der Waals surface area contributed by atoms with Gasteiger partial charge in [-0.15, -0.1) is 0 Å². The van der Waals surface area contributed by atoms with Gasteiger partial charge in [0.15, 0.2) is 6.20 Å². The summed E-state index contributed by atoms with van der Waals surface area (Å²) in [5, 5.41) is 1.58. The molecule has 0 N–H and O–H groups in total. The van der Waals surface area contributed by atoms with Crippen molar-refractivity contribution in [2.24, 2.45) is 7.05 Å². The van der Waals surface area contributed by atoms with Gasteiger partial charge in [0, 0.05) is 16.8 Å². The number of benzene rings is 1. The molecule has 0 fully saturated rings. The molecule has 0 atom stereocenters. The highest BCUT2D eigenvalue weighted by atomic mass is 28.3. The molecule has 0 bridgehead atoms. The maximum Gasteiger partial charge on any atom is 0.212 e. The maximum absolute atomic E-state index is 2.43. The lowest BCUT2D eigenvalue weighted by atomic mass is 10.0. The molecule has 1 nitrogen and oxygen atoms in total. The molecule has 0 amide bonds. The zero-order chi connectivity index (χ0) is 14.9. The van der Waals surface area contributed by atoms with Crippen molar-refractivity contribution in [1.29, 1.82) is 0 Å². The maximum atomic E-state index is 2.43. The van der Waals surface area contributed by atoms with E-state index in [0.29, 0.717) is 0 Å². The molecule has 0 saturated heterocycles. The summed E-state index contributed by atoms with van der Waals surface area (Å²) < 4.78 is 2.30. The second-order valence-corrected chi connectivity index (χ2v) is 11.7. The van der Waals surface area contributed by atoms with Crippen molar-refractivity contribution < 1.29 is 4.57 Å². The van der Waals surface area contributed by atoms with Crippen LogP contribution < -0.4 is 9.75 Å². The van der Waals surface area contributed by atoms with E-state index in [4.69, 9.17) is 0 Å². The molecule has 0 aliphatic heterocycles. The molecule has 1 aromatic heterocycles. The van der Waals surface area contributed by atoms with Gasteiger partial charge in [-0.2, -0.15) is 0 Å². The minimum absolute atomic E-state index is 1.11. The lowest BCUT2D eigenvalue weighted by Crippen LogP contribution is -2.47. The zero-order valence-corrected chi connectivity index (χ0v) is 14.6. The largest absolute Gasteiger partial charge is 0.212 e. The molecule has 1 aromatic carbocycles. The number of nitrogens with zero attached hydrogens (tertiary/aromatic N) is 1. The van der Waals surface area contributed by atoms with Crippen LogP contribution in [-0.2, 0) is 13.5 Å². The van der Waals surface area contributed by atoms with Crippen molar-refractivity contribution in [2.75, 3.05) is 0 Å². The number of rotatable bonds is 3.